The van der Waals surface area contributed by atoms with Gasteiger partial charge in [0, 0.05) is 24.7 Å². The molecule has 0 saturated carbocycles. The van der Waals surface area contributed by atoms with Crippen molar-refractivity contribution in [1.29, 1.82) is 0 Å². The molecule has 2 heterocycles. The second-order valence-corrected chi connectivity index (χ2v) is 8.41. The Balaban J connectivity index is 1.39. The van der Waals surface area contributed by atoms with Crippen LogP contribution < -0.4 is 32.5 Å². The highest BCUT2D eigenvalue weighted by Gasteiger charge is 2.19. The van der Waals surface area contributed by atoms with E-state index in [0.717, 1.165) is 14.7 Å². The van der Waals surface area contributed by atoms with Gasteiger partial charge in [0.1, 0.15) is 28.6 Å². The van der Waals surface area contributed by atoms with Crippen LogP contribution in [0.15, 0.2) is 104 Å². The highest BCUT2D eigenvalue weighted by molar-refractivity contribution is 5.94. The summed E-state index contributed by atoms with van der Waals surface area (Å²) in [6, 6.07) is 23.7. The number of anilines is 2. The number of nitrogen functional groups attached to an aromatic ring is 1. The number of nitrogens with two attached hydrogens (primary N) is 1. The largest absolute Gasteiger partial charge is 0.484 e. The minimum Gasteiger partial charge on any atom is -0.484 e. The Morgan fingerprint density at radius 3 is 2.34 bits per heavy atom. The fraction of sp³-hybridized carbons (Fsp3) is 0.0714. The maximum absolute atomic E-state index is 12.7. The van der Waals surface area contributed by atoms with Gasteiger partial charge in [0.2, 0.25) is 0 Å². The lowest BCUT2D eigenvalue weighted by atomic mass is 10.1. The Morgan fingerprint density at radius 1 is 0.947 bits per heavy atom. The van der Waals surface area contributed by atoms with E-state index in [9.17, 15) is 19.2 Å². The van der Waals surface area contributed by atoms with Crippen LogP contribution in [0, 0.1) is 0 Å². The third-order valence-corrected chi connectivity index (χ3v) is 5.90. The number of nitrogens with one attached hydrogen (secondary N) is 1. The van der Waals surface area contributed by atoms with Crippen LogP contribution in [-0.2, 0) is 11.8 Å². The van der Waals surface area contributed by atoms with Crippen LogP contribution in [0.5, 0.6) is 5.75 Å². The number of nitrogens with zero attached hydrogens (tertiary/aromatic N) is 2. The van der Waals surface area contributed by atoms with Crippen LogP contribution in [0.1, 0.15) is 0 Å². The van der Waals surface area contributed by atoms with Gasteiger partial charge >= 0.3 is 5.69 Å². The fourth-order valence-corrected chi connectivity index (χ4v) is 3.97. The molecule has 0 atom stereocenters. The van der Waals surface area contributed by atoms with Crippen molar-refractivity contribution in [2.75, 3.05) is 17.7 Å². The molecule has 0 fully saturated rings. The van der Waals surface area contributed by atoms with Crippen molar-refractivity contribution in [2.24, 2.45) is 7.05 Å². The molecule has 10 nitrogen and oxygen atoms in total. The fourth-order valence-electron chi connectivity index (χ4n) is 3.97. The van der Waals surface area contributed by atoms with E-state index in [1.807, 2.05) is 30.3 Å². The number of rotatable bonds is 6. The Hall–Kier alpha value is -5.38. The van der Waals surface area contributed by atoms with Gasteiger partial charge in [-0.05, 0) is 24.3 Å². The number of hydrogen-bond acceptors (Lipinski definition) is 7. The SMILES string of the molecule is Cn1c(=O)c(NC(=O)COc2ccc3c(=O)cc(-c4ccccc4)oc3c2)c(N)n(-c2ccccc2)c1=O. The van der Waals surface area contributed by atoms with E-state index in [2.05, 4.69) is 5.32 Å². The molecule has 1 amide bonds. The lowest BCUT2D eigenvalue weighted by Crippen LogP contribution is -2.41. The number of para-hydroxylation sites is 1. The quantitative estimate of drug-likeness (QED) is 0.358. The van der Waals surface area contributed by atoms with Crippen LogP contribution in [0.4, 0.5) is 11.5 Å². The molecule has 0 radical (unpaired) electrons. The number of ether oxygens (including phenoxy) is 1. The van der Waals surface area contributed by atoms with Crippen molar-refractivity contribution in [1.82, 2.24) is 9.13 Å². The average molecular weight is 511 g/mol. The van der Waals surface area contributed by atoms with E-state index < -0.39 is 23.8 Å². The van der Waals surface area contributed by atoms with Crippen molar-refractivity contribution in [3.05, 3.63) is 116 Å². The van der Waals surface area contributed by atoms with Crippen LogP contribution in [0.25, 0.3) is 28.0 Å². The van der Waals surface area contributed by atoms with E-state index in [1.165, 1.54) is 25.2 Å². The van der Waals surface area contributed by atoms with E-state index >= 15 is 0 Å². The van der Waals surface area contributed by atoms with Crippen LogP contribution in [0.2, 0.25) is 0 Å². The Morgan fingerprint density at radius 2 is 1.63 bits per heavy atom. The smallest absolute Gasteiger partial charge is 0.337 e. The number of amides is 1. The lowest BCUT2D eigenvalue weighted by molar-refractivity contribution is -0.118. The summed E-state index contributed by atoms with van der Waals surface area (Å²) < 4.78 is 13.5. The van der Waals surface area contributed by atoms with Gasteiger partial charge in [-0.2, -0.15) is 0 Å². The predicted octanol–water partition coefficient (Wildman–Crippen LogP) is 2.91. The number of hydrogen-bond donors (Lipinski definition) is 2. The molecule has 0 aliphatic heterocycles. The van der Waals surface area contributed by atoms with Crippen molar-refractivity contribution in [3.63, 3.8) is 0 Å². The number of carbonyl (C=O) groups is 1. The van der Waals surface area contributed by atoms with Gasteiger partial charge in [-0.1, -0.05) is 48.5 Å². The Bertz CT molecular complexity index is 1840. The van der Waals surface area contributed by atoms with Gasteiger partial charge < -0.3 is 20.2 Å². The third-order valence-electron chi connectivity index (χ3n) is 5.90. The summed E-state index contributed by atoms with van der Waals surface area (Å²) in [5.41, 5.74) is 5.73. The number of benzene rings is 3. The summed E-state index contributed by atoms with van der Waals surface area (Å²) in [6.07, 6.45) is 0. The van der Waals surface area contributed by atoms with Crippen molar-refractivity contribution < 1.29 is 13.9 Å². The van der Waals surface area contributed by atoms with Crippen molar-refractivity contribution >= 4 is 28.4 Å². The third kappa shape index (κ3) is 4.58. The molecule has 0 spiro atoms. The minimum atomic E-state index is -0.756. The standard InChI is InChI=1S/C28H22N4O6/c1-31-27(35)25(26(29)32(28(31)36)18-10-6-3-7-11-18)30-24(34)16-37-19-12-13-20-21(33)15-22(38-23(20)14-19)17-8-4-2-5-9-17/h2-15H,16,29H2,1H3,(H,30,34). The minimum absolute atomic E-state index is 0.210. The second-order valence-electron chi connectivity index (χ2n) is 8.41. The first-order valence-corrected chi connectivity index (χ1v) is 11.6. The maximum Gasteiger partial charge on any atom is 0.337 e. The molecular formula is C28H22N4O6. The monoisotopic (exact) mass is 510 g/mol. The van der Waals surface area contributed by atoms with E-state index in [-0.39, 0.29) is 22.7 Å². The van der Waals surface area contributed by atoms with E-state index in [4.69, 9.17) is 14.9 Å². The van der Waals surface area contributed by atoms with Crippen LogP contribution in [0.3, 0.4) is 0 Å². The average Bonchev–Trinajstić information content (AvgIpc) is 2.94. The van der Waals surface area contributed by atoms with Crippen molar-refractivity contribution in [3.8, 4) is 22.8 Å². The highest BCUT2D eigenvalue weighted by atomic mass is 16.5. The molecule has 2 aromatic heterocycles. The Kier molecular flexibility index (Phi) is 6.36. The molecule has 0 unspecified atom stereocenters. The van der Waals surface area contributed by atoms with Gasteiger partial charge in [0.05, 0.1) is 11.1 Å². The zero-order chi connectivity index (χ0) is 26.8. The summed E-state index contributed by atoms with van der Waals surface area (Å²) >= 11 is 0. The summed E-state index contributed by atoms with van der Waals surface area (Å²) in [6.45, 7) is -0.471. The zero-order valence-corrected chi connectivity index (χ0v) is 20.2. The van der Waals surface area contributed by atoms with Crippen LogP contribution in [-0.4, -0.2) is 21.6 Å². The first-order chi connectivity index (χ1) is 18.3. The van der Waals surface area contributed by atoms with Gasteiger partial charge in [-0.3, -0.25) is 19.0 Å². The first-order valence-electron chi connectivity index (χ1n) is 11.6. The summed E-state index contributed by atoms with van der Waals surface area (Å²) in [5, 5.41) is 2.81. The molecule has 190 valence electrons. The summed E-state index contributed by atoms with van der Waals surface area (Å²) in [4.78, 5) is 50.6. The van der Waals surface area contributed by atoms with Crippen LogP contribution >= 0.6 is 0 Å². The summed E-state index contributed by atoms with van der Waals surface area (Å²) in [7, 11) is 1.29. The number of carbonyl (C=O) groups excluding carboxylic acids is 1. The van der Waals surface area contributed by atoms with E-state index in [1.54, 1.807) is 36.4 Å². The molecule has 0 aliphatic rings. The van der Waals surface area contributed by atoms with Crippen molar-refractivity contribution in [2.45, 2.75) is 0 Å². The lowest BCUT2D eigenvalue weighted by Gasteiger charge is -2.15. The molecular weight excluding hydrogens is 488 g/mol. The molecule has 0 saturated heterocycles. The normalized spacial score (nSPS) is 10.9. The zero-order valence-electron chi connectivity index (χ0n) is 20.2. The Labute approximate surface area is 215 Å². The van der Waals surface area contributed by atoms with E-state index in [0.29, 0.717) is 22.4 Å². The second kappa shape index (κ2) is 9.94. The first kappa shape index (κ1) is 24.3. The van der Waals surface area contributed by atoms with Gasteiger partial charge in [0.25, 0.3) is 11.5 Å². The molecule has 38 heavy (non-hydrogen) atoms. The molecule has 0 aliphatic carbocycles. The predicted molar refractivity (Wildman–Crippen MR) is 144 cm³/mol. The van der Waals surface area contributed by atoms with Gasteiger partial charge in [-0.25, -0.2) is 9.36 Å². The highest BCUT2D eigenvalue weighted by Crippen LogP contribution is 2.25. The summed E-state index contributed by atoms with van der Waals surface area (Å²) in [5.74, 6) is -0.209. The molecule has 3 aromatic carbocycles. The molecule has 3 N–H and O–H groups in total. The molecule has 0 bridgehead atoms. The molecule has 10 heteroatoms. The topological polar surface area (TPSA) is 139 Å². The van der Waals surface area contributed by atoms with Gasteiger partial charge in [0.15, 0.2) is 12.0 Å². The molecule has 5 rings (SSSR count). The molecule has 5 aromatic rings. The number of aromatic nitrogens is 2. The number of fused-ring (bicyclic) bond motifs is 1. The van der Waals surface area contributed by atoms with Gasteiger partial charge in [-0.15, -0.1) is 0 Å². The maximum atomic E-state index is 12.7.